The Balaban J connectivity index is 1.35. The van der Waals surface area contributed by atoms with Crippen LogP contribution in [-0.4, -0.2) is 47.3 Å². The summed E-state index contributed by atoms with van der Waals surface area (Å²) in [6.45, 7) is 5.85. The molecule has 1 saturated heterocycles. The maximum absolute atomic E-state index is 6.06. The van der Waals surface area contributed by atoms with Crippen molar-refractivity contribution in [3.05, 3.63) is 46.1 Å². The molecular weight excluding hydrogens is 358 g/mol. The lowest BCUT2D eigenvalue weighted by Crippen LogP contribution is -2.44. The lowest BCUT2D eigenvalue weighted by molar-refractivity contribution is -0.0507. The third kappa shape index (κ3) is 4.15. The molecule has 132 valence electrons. The van der Waals surface area contributed by atoms with Crippen LogP contribution in [0.15, 0.2) is 29.6 Å². The number of rotatable bonds is 5. The van der Waals surface area contributed by atoms with Crippen molar-refractivity contribution in [1.29, 1.82) is 0 Å². The van der Waals surface area contributed by atoms with Crippen molar-refractivity contribution in [1.82, 2.24) is 14.9 Å². The van der Waals surface area contributed by atoms with E-state index in [2.05, 4.69) is 20.9 Å². The van der Waals surface area contributed by atoms with Crippen LogP contribution < -0.4 is 4.74 Å². The van der Waals surface area contributed by atoms with Crippen molar-refractivity contribution < 1.29 is 9.47 Å². The molecule has 3 aromatic rings. The van der Waals surface area contributed by atoms with Crippen LogP contribution in [0.5, 0.6) is 5.19 Å². The Morgan fingerprint density at radius 1 is 1.44 bits per heavy atom. The van der Waals surface area contributed by atoms with E-state index >= 15 is 0 Å². The van der Waals surface area contributed by atoms with Gasteiger partial charge in [0.1, 0.15) is 12.7 Å². The summed E-state index contributed by atoms with van der Waals surface area (Å²) >= 11 is 7.59. The van der Waals surface area contributed by atoms with E-state index in [-0.39, 0.29) is 6.10 Å². The van der Waals surface area contributed by atoms with Crippen LogP contribution in [0.4, 0.5) is 0 Å². The van der Waals surface area contributed by atoms with E-state index in [1.165, 1.54) is 22.4 Å². The Labute approximate surface area is 155 Å². The average Bonchev–Trinajstić information content (AvgIpc) is 3.18. The highest BCUT2D eigenvalue weighted by Gasteiger charge is 2.22. The molecule has 7 heteroatoms. The molecule has 0 unspecified atom stereocenters. The highest BCUT2D eigenvalue weighted by atomic mass is 35.5. The predicted molar refractivity (Wildman–Crippen MR) is 101 cm³/mol. The molecule has 1 fully saturated rings. The van der Waals surface area contributed by atoms with E-state index in [4.69, 9.17) is 21.1 Å². The van der Waals surface area contributed by atoms with Gasteiger partial charge in [-0.3, -0.25) is 4.90 Å². The number of hydrogen-bond acceptors (Lipinski definition) is 5. The van der Waals surface area contributed by atoms with E-state index in [0.29, 0.717) is 11.8 Å². The molecule has 1 atom stereocenters. The monoisotopic (exact) mass is 377 g/mol. The number of ether oxygens (including phenoxy) is 2. The Morgan fingerprint density at radius 3 is 3.20 bits per heavy atom. The van der Waals surface area contributed by atoms with Gasteiger partial charge in [-0.15, -0.1) is 0 Å². The van der Waals surface area contributed by atoms with Crippen molar-refractivity contribution >= 4 is 33.8 Å². The summed E-state index contributed by atoms with van der Waals surface area (Å²) < 4.78 is 11.6. The number of H-pyrrole nitrogens is 1. The second-order valence-electron chi connectivity index (χ2n) is 6.32. The highest BCUT2D eigenvalue weighted by Crippen LogP contribution is 2.22. The first-order valence-corrected chi connectivity index (χ1v) is 9.57. The molecule has 3 heterocycles. The minimum atomic E-state index is 0.0665. The summed E-state index contributed by atoms with van der Waals surface area (Å²) in [4.78, 5) is 10.2. The van der Waals surface area contributed by atoms with Gasteiger partial charge >= 0.3 is 0 Å². The zero-order valence-electron chi connectivity index (χ0n) is 14.0. The zero-order valence-corrected chi connectivity index (χ0v) is 15.6. The largest absolute Gasteiger partial charge is 0.467 e. The Bertz CT molecular complexity index is 863. The minimum Gasteiger partial charge on any atom is -0.467 e. The molecule has 4 rings (SSSR count). The topological polar surface area (TPSA) is 50.4 Å². The second kappa shape index (κ2) is 7.33. The van der Waals surface area contributed by atoms with E-state index in [0.717, 1.165) is 42.5 Å². The molecule has 0 amide bonds. The van der Waals surface area contributed by atoms with Gasteiger partial charge in [0.15, 0.2) is 0 Å². The summed E-state index contributed by atoms with van der Waals surface area (Å²) in [5.74, 6) is 0. The molecule has 1 aromatic carbocycles. The van der Waals surface area contributed by atoms with Gasteiger partial charge in [0.2, 0.25) is 0 Å². The molecular formula is C18H20ClN3O2S. The van der Waals surface area contributed by atoms with Gasteiger partial charge in [-0.25, -0.2) is 4.98 Å². The first-order chi connectivity index (χ1) is 12.2. The summed E-state index contributed by atoms with van der Waals surface area (Å²) in [6.07, 6.45) is 0.0665. The second-order valence-corrected chi connectivity index (χ2v) is 7.58. The number of nitrogens with one attached hydrogen (secondary N) is 1. The van der Waals surface area contributed by atoms with Crippen LogP contribution in [0.1, 0.15) is 11.4 Å². The lowest BCUT2D eigenvalue weighted by Gasteiger charge is -2.32. The number of benzene rings is 1. The number of halogens is 1. The molecule has 0 bridgehead atoms. The van der Waals surface area contributed by atoms with Crippen LogP contribution in [0.2, 0.25) is 5.02 Å². The van der Waals surface area contributed by atoms with Gasteiger partial charge in [-0.05, 0) is 30.5 Å². The molecule has 1 N–H and O–H groups in total. The first-order valence-electron chi connectivity index (χ1n) is 8.32. The predicted octanol–water partition coefficient (Wildman–Crippen LogP) is 3.87. The Kier molecular flexibility index (Phi) is 4.94. The fourth-order valence-electron chi connectivity index (χ4n) is 3.07. The summed E-state index contributed by atoms with van der Waals surface area (Å²) in [5, 5.41) is 4.64. The van der Waals surface area contributed by atoms with Gasteiger partial charge < -0.3 is 14.5 Å². The van der Waals surface area contributed by atoms with Gasteiger partial charge in [-0.2, -0.15) is 0 Å². The zero-order chi connectivity index (χ0) is 17.2. The van der Waals surface area contributed by atoms with Crippen LogP contribution in [-0.2, 0) is 11.3 Å². The van der Waals surface area contributed by atoms with Crippen LogP contribution >= 0.6 is 22.9 Å². The molecule has 0 radical (unpaired) electrons. The maximum Gasteiger partial charge on any atom is 0.273 e. The number of morpholine rings is 1. The number of fused-ring (bicyclic) bond motifs is 1. The van der Waals surface area contributed by atoms with E-state index in [1.54, 1.807) is 0 Å². The number of aromatic amines is 1. The fourth-order valence-corrected chi connectivity index (χ4v) is 3.90. The molecule has 0 saturated carbocycles. The van der Waals surface area contributed by atoms with Crippen molar-refractivity contribution in [2.75, 3.05) is 26.3 Å². The number of thiazole rings is 1. The van der Waals surface area contributed by atoms with E-state index in [1.807, 2.05) is 30.5 Å². The first kappa shape index (κ1) is 16.8. The van der Waals surface area contributed by atoms with E-state index < -0.39 is 0 Å². The molecule has 0 spiro atoms. The van der Waals surface area contributed by atoms with Gasteiger partial charge in [-0.1, -0.05) is 29.0 Å². The number of hydrogen-bond donors (Lipinski definition) is 1. The van der Waals surface area contributed by atoms with Gasteiger partial charge in [0.05, 0.1) is 12.3 Å². The molecule has 2 aromatic heterocycles. The quantitative estimate of drug-likeness (QED) is 0.733. The van der Waals surface area contributed by atoms with Crippen molar-refractivity contribution in [3.8, 4) is 5.19 Å². The minimum absolute atomic E-state index is 0.0665. The van der Waals surface area contributed by atoms with Crippen LogP contribution in [0.25, 0.3) is 10.9 Å². The standard InChI is InChI=1S/C18H20ClN3O2S/c1-12-11-25-18(20-12)24-10-16-9-22(4-5-23-16)8-15-6-13-2-3-14(19)7-17(13)21-15/h2-3,6-7,11,16,21H,4-5,8-10H2,1H3/t16-/m0/s1. The number of aryl methyl sites for hydroxylation is 1. The normalized spacial score (nSPS) is 18.7. The van der Waals surface area contributed by atoms with Crippen LogP contribution in [0, 0.1) is 6.92 Å². The average molecular weight is 378 g/mol. The highest BCUT2D eigenvalue weighted by molar-refractivity contribution is 7.11. The molecule has 1 aliphatic rings. The third-order valence-corrected chi connectivity index (χ3v) is 5.35. The van der Waals surface area contributed by atoms with Gasteiger partial charge in [0.25, 0.3) is 5.19 Å². The fraction of sp³-hybridized carbons (Fsp3) is 0.389. The van der Waals surface area contributed by atoms with Crippen molar-refractivity contribution in [2.24, 2.45) is 0 Å². The third-order valence-electron chi connectivity index (χ3n) is 4.25. The molecule has 1 aliphatic heterocycles. The van der Waals surface area contributed by atoms with Crippen molar-refractivity contribution in [3.63, 3.8) is 0 Å². The lowest BCUT2D eigenvalue weighted by atomic mass is 10.2. The summed E-state index contributed by atoms with van der Waals surface area (Å²) in [7, 11) is 0. The summed E-state index contributed by atoms with van der Waals surface area (Å²) in [6, 6.07) is 8.12. The maximum atomic E-state index is 6.06. The molecule has 0 aliphatic carbocycles. The number of nitrogens with zero attached hydrogens (tertiary/aromatic N) is 2. The Morgan fingerprint density at radius 2 is 2.36 bits per heavy atom. The van der Waals surface area contributed by atoms with Crippen LogP contribution in [0.3, 0.4) is 0 Å². The SMILES string of the molecule is Cc1csc(OC[C@@H]2CN(Cc3cc4ccc(Cl)cc4[nH]3)CCO2)n1. The molecule has 5 nitrogen and oxygen atoms in total. The van der Waals surface area contributed by atoms with Crippen molar-refractivity contribution in [2.45, 2.75) is 19.6 Å². The molecule has 25 heavy (non-hydrogen) atoms. The Hall–Kier alpha value is -1.60. The van der Waals surface area contributed by atoms with Gasteiger partial charge in [0, 0.05) is 41.2 Å². The van der Waals surface area contributed by atoms with E-state index in [9.17, 15) is 0 Å². The smallest absolute Gasteiger partial charge is 0.273 e. The number of aromatic nitrogens is 2. The summed E-state index contributed by atoms with van der Waals surface area (Å²) in [5.41, 5.74) is 3.26.